The first-order chi connectivity index (χ1) is 15.5. The van der Waals surface area contributed by atoms with Crippen molar-refractivity contribution >= 4 is 34.3 Å². The molecule has 0 fully saturated rings. The fourth-order valence-electron chi connectivity index (χ4n) is 3.31. The lowest BCUT2D eigenvalue weighted by atomic mass is 10.1. The number of amides is 1. The minimum atomic E-state index is -0.159. The van der Waals surface area contributed by atoms with Crippen LogP contribution in [0.2, 0.25) is 0 Å². The van der Waals surface area contributed by atoms with Gasteiger partial charge in [-0.3, -0.25) is 4.79 Å². The van der Waals surface area contributed by atoms with E-state index in [0.29, 0.717) is 28.4 Å². The molecule has 0 unspecified atom stereocenters. The zero-order valence-electron chi connectivity index (χ0n) is 17.9. The number of hydrogen-bond acceptors (Lipinski definition) is 7. The largest absolute Gasteiger partial charge is 0.355 e. The maximum Gasteiger partial charge on any atom is 0.251 e. The Kier molecular flexibility index (Phi) is 5.68. The molecule has 0 atom stereocenters. The third-order valence-electron chi connectivity index (χ3n) is 4.75. The number of nitrogens with zero attached hydrogens (tertiary/aromatic N) is 4. The summed E-state index contributed by atoms with van der Waals surface area (Å²) >= 11 is 0. The maximum absolute atomic E-state index is 11.9. The van der Waals surface area contributed by atoms with Crippen molar-refractivity contribution in [1.82, 2.24) is 25.3 Å². The standard InChI is InChI=1S/C23H22N8O/c1-13(2)29-23-28-10-15(9-24)20(31-23)19-12-27-21-18(19)8-17(11-26-21)30-16-6-4-5-14(7-16)22(32)25-3/h4-8,10-13,30H,1-3H3,(H,25,32)(H,26,27)(H,28,29,31). The summed E-state index contributed by atoms with van der Waals surface area (Å²) < 4.78 is 0. The molecule has 160 valence electrons. The number of pyridine rings is 1. The Labute approximate surface area is 184 Å². The lowest BCUT2D eigenvalue weighted by Crippen LogP contribution is -2.17. The van der Waals surface area contributed by atoms with Gasteiger partial charge >= 0.3 is 0 Å². The van der Waals surface area contributed by atoms with Gasteiger partial charge in [-0.15, -0.1) is 0 Å². The molecule has 0 spiro atoms. The average Bonchev–Trinajstić information content (AvgIpc) is 3.21. The fraction of sp³-hybridized carbons (Fsp3) is 0.174. The van der Waals surface area contributed by atoms with E-state index >= 15 is 0 Å². The van der Waals surface area contributed by atoms with Crippen LogP contribution in [0.4, 0.5) is 17.3 Å². The number of anilines is 3. The van der Waals surface area contributed by atoms with Gasteiger partial charge in [-0.25, -0.2) is 15.0 Å². The number of benzene rings is 1. The summed E-state index contributed by atoms with van der Waals surface area (Å²) in [4.78, 5) is 28.3. The van der Waals surface area contributed by atoms with Gasteiger partial charge in [-0.2, -0.15) is 5.26 Å². The quantitative estimate of drug-likeness (QED) is 0.368. The van der Waals surface area contributed by atoms with E-state index in [0.717, 1.165) is 22.3 Å². The van der Waals surface area contributed by atoms with Crippen LogP contribution in [0.1, 0.15) is 29.8 Å². The van der Waals surface area contributed by atoms with Gasteiger partial charge in [0.2, 0.25) is 5.95 Å². The second-order valence-electron chi connectivity index (χ2n) is 7.47. The van der Waals surface area contributed by atoms with Crippen LogP contribution in [0.5, 0.6) is 0 Å². The van der Waals surface area contributed by atoms with Crippen LogP contribution in [0, 0.1) is 11.3 Å². The first-order valence-corrected chi connectivity index (χ1v) is 10.1. The van der Waals surface area contributed by atoms with Crippen molar-refractivity contribution in [2.45, 2.75) is 19.9 Å². The summed E-state index contributed by atoms with van der Waals surface area (Å²) in [6.45, 7) is 3.99. The molecular formula is C23H22N8O. The first kappa shape index (κ1) is 20.8. The van der Waals surface area contributed by atoms with Gasteiger partial charge < -0.3 is 20.9 Å². The molecule has 0 radical (unpaired) electrons. The summed E-state index contributed by atoms with van der Waals surface area (Å²) in [6.07, 6.45) is 5.01. The summed E-state index contributed by atoms with van der Waals surface area (Å²) in [6, 6.07) is 11.4. The van der Waals surface area contributed by atoms with E-state index in [4.69, 9.17) is 0 Å². The predicted octanol–water partition coefficient (Wildman–Crippen LogP) is 3.82. The smallest absolute Gasteiger partial charge is 0.251 e. The highest BCUT2D eigenvalue weighted by molar-refractivity contribution is 5.97. The van der Waals surface area contributed by atoms with Crippen molar-refractivity contribution in [3.63, 3.8) is 0 Å². The monoisotopic (exact) mass is 426 g/mol. The van der Waals surface area contributed by atoms with Gasteiger partial charge in [-0.1, -0.05) is 6.07 Å². The van der Waals surface area contributed by atoms with Crippen LogP contribution >= 0.6 is 0 Å². The molecule has 3 aromatic heterocycles. The van der Waals surface area contributed by atoms with Crippen LogP contribution in [-0.2, 0) is 0 Å². The van der Waals surface area contributed by atoms with Gasteiger partial charge in [0.25, 0.3) is 5.91 Å². The lowest BCUT2D eigenvalue weighted by Gasteiger charge is -2.10. The van der Waals surface area contributed by atoms with Gasteiger partial charge in [0.15, 0.2) is 0 Å². The topological polar surface area (TPSA) is 131 Å². The molecule has 0 aliphatic rings. The molecule has 32 heavy (non-hydrogen) atoms. The number of H-pyrrole nitrogens is 1. The predicted molar refractivity (Wildman–Crippen MR) is 124 cm³/mol. The van der Waals surface area contributed by atoms with E-state index in [2.05, 4.69) is 42.0 Å². The second kappa shape index (κ2) is 8.73. The Morgan fingerprint density at radius 3 is 2.75 bits per heavy atom. The summed E-state index contributed by atoms with van der Waals surface area (Å²) in [5.74, 6) is 0.297. The molecule has 0 aliphatic heterocycles. The molecule has 0 aliphatic carbocycles. The van der Waals surface area contributed by atoms with Crippen LogP contribution < -0.4 is 16.0 Å². The second-order valence-corrected chi connectivity index (χ2v) is 7.47. The molecule has 0 saturated heterocycles. The number of aromatic amines is 1. The Morgan fingerprint density at radius 1 is 1.16 bits per heavy atom. The number of nitriles is 1. The molecular weight excluding hydrogens is 404 g/mol. The summed E-state index contributed by atoms with van der Waals surface area (Å²) in [5.41, 5.74) is 4.37. The van der Waals surface area contributed by atoms with Gasteiger partial charge in [-0.05, 0) is 38.1 Å². The number of fused-ring (bicyclic) bond motifs is 1. The Bertz CT molecular complexity index is 1340. The first-order valence-electron chi connectivity index (χ1n) is 10.1. The van der Waals surface area contributed by atoms with E-state index < -0.39 is 0 Å². The SMILES string of the molecule is CNC(=O)c1cccc(Nc2cnc3[nH]cc(-c4nc(NC(C)C)ncc4C#N)c3c2)c1. The third-order valence-corrected chi connectivity index (χ3v) is 4.75. The number of rotatable bonds is 6. The Hall–Kier alpha value is -4.45. The van der Waals surface area contributed by atoms with Gasteiger partial charge in [0.05, 0.1) is 29.3 Å². The van der Waals surface area contributed by atoms with Crippen molar-refractivity contribution < 1.29 is 4.79 Å². The zero-order chi connectivity index (χ0) is 22.7. The molecule has 9 heteroatoms. The fourth-order valence-corrected chi connectivity index (χ4v) is 3.31. The van der Waals surface area contributed by atoms with Crippen molar-refractivity contribution in [2.24, 2.45) is 0 Å². The van der Waals surface area contributed by atoms with Crippen molar-refractivity contribution in [3.8, 4) is 17.3 Å². The van der Waals surface area contributed by atoms with E-state index in [1.807, 2.05) is 32.0 Å². The van der Waals surface area contributed by atoms with E-state index in [9.17, 15) is 10.1 Å². The van der Waals surface area contributed by atoms with E-state index in [1.54, 1.807) is 31.6 Å². The summed E-state index contributed by atoms with van der Waals surface area (Å²) in [7, 11) is 1.60. The highest BCUT2D eigenvalue weighted by atomic mass is 16.1. The summed E-state index contributed by atoms with van der Waals surface area (Å²) in [5, 5.41) is 19.5. The molecule has 4 N–H and O–H groups in total. The molecule has 1 aromatic carbocycles. The molecule has 9 nitrogen and oxygen atoms in total. The van der Waals surface area contributed by atoms with Gasteiger partial charge in [0.1, 0.15) is 11.7 Å². The number of hydrogen-bond donors (Lipinski definition) is 4. The third kappa shape index (κ3) is 4.20. The normalized spacial score (nSPS) is 10.7. The zero-order valence-corrected chi connectivity index (χ0v) is 17.9. The Morgan fingerprint density at radius 2 is 2.00 bits per heavy atom. The number of carbonyl (C=O) groups is 1. The van der Waals surface area contributed by atoms with Crippen molar-refractivity contribution in [1.29, 1.82) is 5.26 Å². The number of nitrogens with one attached hydrogen (secondary N) is 4. The molecule has 1 amide bonds. The lowest BCUT2D eigenvalue weighted by molar-refractivity contribution is 0.0963. The average molecular weight is 426 g/mol. The van der Waals surface area contributed by atoms with Crippen molar-refractivity contribution in [3.05, 3.63) is 60.0 Å². The van der Waals surface area contributed by atoms with Crippen LogP contribution in [0.15, 0.2) is 48.9 Å². The highest BCUT2D eigenvalue weighted by Gasteiger charge is 2.16. The molecule has 0 bridgehead atoms. The van der Waals surface area contributed by atoms with Crippen molar-refractivity contribution in [2.75, 3.05) is 17.7 Å². The highest BCUT2D eigenvalue weighted by Crippen LogP contribution is 2.31. The van der Waals surface area contributed by atoms with Gasteiger partial charge in [0, 0.05) is 41.5 Å². The van der Waals surface area contributed by atoms with Crippen LogP contribution in [0.3, 0.4) is 0 Å². The minimum absolute atomic E-state index is 0.154. The number of carbonyl (C=O) groups excluding carboxylic acids is 1. The van der Waals surface area contributed by atoms with E-state index in [1.165, 1.54) is 6.20 Å². The molecule has 4 rings (SSSR count). The molecule has 4 aromatic rings. The molecule has 3 heterocycles. The van der Waals surface area contributed by atoms with Crippen LogP contribution in [-0.4, -0.2) is 38.9 Å². The Balaban J connectivity index is 1.73. The maximum atomic E-state index is 11.9. The van der Waals surface area contributed by atoms with E-state index in [-0.39, 0.29) is 11.9 Å². The minimum Gasteiger partial charge on any atom is -0.355 e. The van der Waals surface area contributed by atoms with Crippen LogP contribution in [0.25, 0.3) is 22.3 Å². The number of aromatic nitrogens is 4. The molecule has 0 saturated carbocycles.